The summed E-state index contributed by atoms with van der Waals surface area (Å²) in [5.41, 5.74) is 8.33. The van der Waals surface area contributed by atoms with Crippen LogP contribution in [-0.2, 0) is 15.6 Å². The predicted molar refractivity (Wildman–Crippen MR) is 147 cm³/mol. The predicted octanol–water partition coefficient (Wildman–Crippen LogP) is 7.35. The number of halogens is 2. The van der Waals surface area contributed by atoms with E-state index in [4.69, 9.17) is 17.0 Å². The van der Waals surface area contributed by atoms with Crippen molar-refractivity contribution in [3.63, 3.8) is 0 Å². The van der Waals surface area contributed by atoms with Crippen molar-refractivity contribution in [3.05, 3.63) is 82.2 Å². The Morgan fingerprint density at radius 3 is 1.44 bits per heavy atom. The molecule has 34 heavy (non-hydrogen) atoms. The van der Waals surface area contributed by atoms with Gasteiger partial charge in [-0.2, -0.15) is 0 Å². The van der Waals surface area contributed by atoms with Gasteiger partial charge in [-0.25, -0.2) is 0 Å². The van der Waals surface area contributed by atoms with E-state index in [0.717, 1.165) is 26.2 Å². The van der Waals surface area contributed by atoms with Crippen molar-refractivity contribution in [3.8, 4) is 0 Å². The van der Waals surface area contributed by atoms with E-state index in [2.05, 4.69) is 83.6 Å². The van der Waals surface area contributed by atoms with Gasteiger partial charge in [-0.3, -0.25) is 0 Å². The molecule has 0 saturated carbocycles. The monoisotopic (exact) mass is 587 g/mol. The van der Waals surface area contributed by atoms with Crippen LogP contribution in [0.3, 0.4) is 0 Å². The number of allylic oxidation sites excluding steroid dienone is 2. The summed E-state index contributed by atoms with van der Waals surface area (Å²) < 4.78 is 0.348. The van der Waals surface area contributed by atoms with Gasteiger partial charge in [0.05, 0.1) is 0 Å². The molecule has 0 radical (unpaired) electrons. The van der Waals surface area contributed by atoms with Crippen molar-refractivity contribution >= 4 is 35.1 Å². The molecule has 0 amide bonds. The molecule has 2 aromatic carbocycles. The molecule has 2 nitrogen and oxygen atoms in total. The molecule has 2 aliphatic carbocycles. The molecular formula is C28H35Cl2N2SiZr. The standard InChI is InChI=1S/2C13H14N.C2H7Si.2ClH.Zr/c2*1-2-6-12-10-13(9-11(12)5-1)14-7-3-4-8-14;1-3-2;;;/h2*1-2,5-6,9-10H,3-4,7-8H2;3H,1-2H3;2*1H;/q;;;;;+2/p-2. The number of rotatable bonds is 5. The molecule has 2 unspecified atom stereocenters. The maximum absolute atomic E-state index is 8.45. The molecule has 6 heteroatoms. The van der Waals surface area contributed by atoms with Crippen molar-refractivity contribution in [2.75, 3.05) is 26.2 Å². The fraction of sp³-hybridized carbons (Fsp3) is 0.429. The molecular weight excluding hydrogens is 555 g/mol. The average Bonchev–Trinajstić information content (AvgIpc) is 3.62. The second-order valence-corrected chi connectivity index (χ2v) is 53.5. The fourth-order valence-electron chi connectivity index (χ4n) is 7.11. The molecule has 179 valence electrons. The Labute approximate surface area is 213 Å². The van der Waals surface area contributed by atoms with Crippen molar-refractivity contribution in [2.45, 2.75) is 46.0 Å². The van der Waals surface area contributed by atoms with Crippen molar-refractivity contribution < 1.29 is 15.6 Å². The first-order valence-corrected chi connectivity index (χ1v) is 29.4. The van der Waals surface area contributed by atoms with E-state index in [9.17, 15) is 0 Å². The zero-order valence-electron chi connectivity index (χ0n) is 20.3. The molecule has 0 bridgehead atoms. The number of hydrogen-bond acceptors (Lipinski definition) is 2. The van der Waals surface area contributed by atoms with Gasteiger partial charge in [0.15, 0.2) is 0 Å². The average molecular weight is 590 g/mol. The molecule has 0 spiro atoms. The van der Waals surface area contributed by atoms with E-state index in [0.29, 0.717) is 0 Å². The van der Waals surface area contributed by atoms with Gasteiger partial charge in [0.1, 0.15) is 0 Å². The van der Waals surface area contributed by atoms with Crippen LogP contribution in [0.2, 0.25) is 13.1 Å². The molecule has 4 aliphatic rings. The zero-order chi connectivity index (χ0) is 23.5. The van der Waals surface area contributed by atoms with Gasteiger partial charge in [0.2, 0.25) is 0 Å². The number of fused-ring (bicyclic) bond motifs is 2. The summed E-state index contributed by atoms with van der Waals surface area (Å²) in [6.07, 6.45) is 9.95. The van der Waals surface area contributed by atoms with Gasteiger partial charge >= 0.3 is 215 Å². The summed E-state index contributed by atoms with van der Waals surface area (Å²) >= 11 is -4.62. The van der Waals surface area contributed by atoms with Crippen molar-refractivity contribution in [1.82, 2.24) is 9.80 Å². The molecule has 2 atom stereocenters. The molecule has 2 aromatic rings. The summed E-state index contributed by atoms with van der Waals surface area (Å²) in [6, 6.07) is 17.9. The summed E-state index contributed by atoms with van der Waals surface area (Å²) in [5.74, 6) is -1.50. The Morgan fingerprint density at radius 2 is 1.06 bits per heavy atom. The number of benzene rings is 2. The van der Waals surface area contributed by atoms with Crippen LogP contribution < -0.4 is 0 Å². The van der Waals surface area contributed by atoms with Crippen molar-refractivity contribution in [1.29, 1.82) is 0 Å². The number of likely N-dealkylation sites (tertiary alicyclic amines) is 2. The molecule has 2 heterocycles. The van der Waals surface area contributed by atoms with Gasteiger partial charge in [-0.05, 0) is 0 Å². The Morgan fingerprint density at radius 1 is 0.676 bits per heavy atom. The first-order chi connectivity index (χ1) is 16.4. The number of nitrogens with zero attached hydrogens (tertiary/aromatic N) is 2. The molecule has 2 aliphatic heterocycles. The van der Waals surface area contributed by atoms with Crippen LogP contribution in [0.5, 0.6) is 0 Å². The van der Waals surface area contributed by atoms with Gasteiger partial charge in [-0.15, -0.1) is 0 Å². The Balaban J connectivity index is 1.58. The van der Waals surface area contributed by atoms with E-state index >= 15 is 0 Å². The normalized spacial score (nSPS) is 25.3. The Hall–Kier alpha value is -0.800. The quantitative estimate of drug-likeness (QED) is 0.337. The first kappa shape index (κ1) is 23.6. The third kappa shape index (κ3) is 3.42. The van der Waals surface area contributed by atoms with E-state index in [1.165, 1.54) is 59.3 Å². The zero-order valence-corrected chi connectivity index (χ0v) is 25.4. The molecule has 0 aromatic heterocycles. The third-order valence-corrected chi connectivity index (χ3v) is 60.4. The second-order valence-electron chi connectivity index (χ2n) is 11.0. The summed E-state index contributed by atoms with van der Waals surface area (Å²) in [6.45, 7) is 9.43. The Bertz CT molecular complexity index is 1090. The van der Waals surface area contributed by atoms with Gasteiger partial charge in [-0.1, -0.05) is 0 Å². The summed E-state index contributed by atoms with van der Waals surface area (Å²) in [5, 5.41) is 0. The van der Waals surface area contributed by atoms with Crippen LogP contribution in [0.4, 0.5) is 0 Å². The van der Waals surface area contributed by atoms with Gasteiger partial charge in [0, 0.05) is 0 Å². The fourth-order valence-corrected chi connectivity index (χ4v) is 37.0. The minimum atomic E-state index is -4.62. The molecule has 0 N–H and O–H groups in total. The van der Waals surface area contributed by atoms with E-state index in [1.807, 2.05) is 0 Å². The van der Waals surface area contributed by atoms with Gasteiger partial charge in [0.25, 0.3) is 0 Å². The molecule has 2 fully saturated rings. The topological polar surface area (TPSA) is 6.48 Å². The van der Waals surface area contributed by atoms with Crippen LogP contribution in [0, 0.1) is 0 Å². The van der Waals surface area contributed by atoms with Gasteiger partial charge < -0.3 is 0 Å². The minimum absolute atomic E-state index is 0.174. The van der Waals surface area contributed by atoms with Crippen LogP contribution >= 0.6 is 17.0 Å². The first-order valence-electron chi connectivity index (χ1n) is 13.1. The second kappa shape index (κ2) is 8.65. The molecule has 2 saturated heterocycles. The molecule has 6 rings (SSSR count). The summed E-state index contributed by atoms with van der Waals surface area (Å²) in [7, 11) is 16.9. The third-order valence-electron chi connectivity index (χ3n) is 8.96. The Kier molecular flexibility index (Phi) is 6.00. The van der Waals surface area contributed by atoms with E-state index < -0.39 is 21.5 Å². The van der Waals surface area contributed by atoms with E-state index in [1.54, 1.807) is 0 Å². The van der Waals surface area contributed by atoms with Crippen LogP contribution in [-0.4, -0.2) is 41.9 Å². The van der Waals surface area contributed by atoms with Crippen molar-refractivity contribution in [2.24, 2.45) is 0 Å². The van der Waals surface area contributed by atoms with Crippen LogP contribution in [0.15, 0.2) is 59.9 Å². The SMILES string of the molecule is C[SiH](C)[Zr]([Cl])([Cl])([CH]1C(N2CCCC2)=Cc2ccccc21)[CH]1C(N2CCCC2)=Cc2ccccc21. The van der Waals surface area contributed by atoms with Crippen LogP contribution in [0.1, 0.15) is 55.2 Å². The maximum atomic E-state index is 8.45. The van der Waals surface area contributed by atoms with E-state index in [-0.39, 0.29) is 7.25 Å². The number of hydrogen-bond donors (Lipinski definition) is 0. The summed E-state index contributed by atoms with van der Waals surface area (Å²) in [4.78, 5) is 5.25. The van der Waals surface area contributed by atoms with Crippen LogP contribution in [0.25, 0.3) is 12.2 Å².